The van der Waals surface area contributed by atoms with Gasteiger partial charge in [0.1, 0.15) is 5.82 Å². The molecule has 15 heterocycles. The summed E-state index contributed by atoms with van der Waals surface area (Å²) in [6.07, 6.45) is 26.7. The topological polar surface area (TPSA) is 80.7 Å². The highest BCUT2D eigenvalue weighted by molar-refractivity contribution is 5.99. The van der Waals surface area contributed by atoms with Crippen molar-refractivity contribution in [1.29, 1.82) is 0 Å². The van der Waals surface area contributed by atoms with E-state index in [-0.39, 0.29) is 0 Å². The third-order valence-electron chi connectivity index (χ3n) is 32.6. The van der Waals surface area contributed by atoms with Gasteiger partial charge < -0.3 is 19.6 Å². The largest absolute Gasteiger partial charge is 0.309 e. The normalized spacial score (nSPS) is 14.6. The summed E-state index contributed by atoms with van der Waals surface area (Å²) in [5.74, 6) is 1.10. The molecule has 0 amide bonds. The van der Waals surface area contributed by atoms with Crippen LogP contribution in [0.2, 0.25) is 0 Å². The Labute approximate surface area is 813 Å². The molecule has 5 aliphatic carbocycles. The molecule has 0 bridgehead atoms. The first-order valence-corrected chi connectivity index (χ1v) is 49.8. The van der Waals surface area contributed by atoms with E-state index in [1.54, 1.807) is 0 Å². The van der Waals surface area contributed by atoms with Crippen molar-refractivity contribution in [3.63, 3.8) is 0 Å². The fourth-order valence-corrected chi connectivity index (χ4v) is 26.5. The second-order valence-corrected chi connectivity index (χ2v) is 40.3. The predicted octanol–water partition coefficient (Wildman–Crippen LogP) is 29.7. The van der Waals surface area contributed by atoms with Gasteiger partial charge in [-0.25, -0.2) is 4.98 Å². The Kier molecular flexibility index (Phi) is 16.9. The molecule has 15 aromatic carbocycles. The van der Waals surface area contributed by atoms with Gasteiger partial charge in [0.2, 0.25) is 0 Å². The minimum Gasteiger partial charge on any atom is -0.309 e. The smallest absolute Gasteiger partial charge is 0.141 e. The maximum atomic E-state index is 4.80. The summed E-state index contributed by atoms with van der Waals surface area (Å²) < 4.78 is 0. The molecule has 5 aromatic heterocycles. The SMILES string of the molecule is c1ccc2c(c1)Cc1cc3c(cc1-2)Cc1cccc2c1N3c1ncccc1C2.c1ccc2c(c1)Cc1cc3c(cc1-2)N1c2ccccc2Cc2ccnc(c21)C3.c1ccc2c(c1)Cc1cc3c(cc1-2)N1c2ccccc2Cc2cncc(c21)C3.c1ccc2c(c1)Cc1cc3c(cc1-2)N1c2ccccc2Cc2nccc(c21)C3.c1ccc2c(c1)Cc1cc3c(cc1-2)N1c2cccnc2Cc2cccc(c21)C3. The van der Waals surface area contributed by atoms with E-state index in [0.29, 0.717) is 0 Å². The molecule has 0 unspecified atom stereocenters. The average molecular weight is 1790 g/mol. The average Bonchev–Trinajstić information content (AvgIpc) is 1.05. The van der Waals surface area contributed by atoms with E-state index in [1.807, 2.05) is 24.8 Å². The molecule has 0 saturated carbocycles. The zero-order chi connectivity index (χ0) is 91.2. The second-order valence-electron chi connectivity index (χ2n) is 40.3. The number of anilines is 15. The molecule has 0 N–H and O–H groups in total. The van der Waals surface area contributed by atoms with Crippen LogP contribution in [0.5, 0.6) is 0 Å². The number of pyridine rings is 5. The van der Waals surface area contributed by atoms with Crippen molar-refractivity contribution in [1.82, 2.24) is 24.9 Å². The van der Waals surface area contributed by atoms with Gasteiger partial charge in [-0.05, 0) is 323 Å². The van der Waals surface area contributed by atoms with E-state index in [1.165, 1.54) is 303 Å². The summed E-state index contributed by atoms with van der Waals surface area (Å²) in [5, 5.41) is 0. The van der Waals surface area contributed by atoms with Crippen LogP contribution in [-0.4, -0.2) is 24.9 Å². The predicted molar refractivity (Wildman–Crippen MR) is 564 cm³/mol. The first kappa shape index (κ1) is 78.3. The summed E-state index contributed by atoms with van der Waals surface area (Å²) >= 11 is 0. The van der Waals surface area contributed by atoms with Crippen molar-refractivity contribution in [2.24, 2.45) is 0 Å². The monoisotopic (exact) mass is 1790 g/mol. The van der Waals surface area contributed by atoms with Crippen molar-refractivity contribution < 1.29 is 0 Å². The van der Waals surface area contributed by atoms with Crippen LogP contribution in [0, 0.1) is 0 Å². The van der Waals surface area contributed by atoms with Crippen molar-refractivity contribution in [2.45, 2.75) is 96.3 Å². The van der Waals surface area contributed by atoms with Gasteiger partial charge in [0.15, 0.2) is 0 Å². The highest BCUT2D eigenvalue weighted by atomic mass is 15.2. The maximum Gasteiger partial charge on any atom is 0.141 e. The summed E-state index contributed by atoms with van der Waals surface area (Å²) in [7, 11) is 0. The first-order valence-electron chi connectivity index (χ1n) is 49.8. The highest BCUT2D eigenvalue weighted by Crippen LogP contribution is 2.60. The third-order valence-corrected chi connectivity index (χ3v) is 32.6. The molecule has 140 heavy (non-hydrogen) atoms. The zero-order valence-corrected chi connectivity index (χ0v) is 77.2. The van der Waals surface area contributed by atoms with Gasteiger partial charge in [-0.3, -0.25) is 24.8 Å². The van der Waals surface area contributed by atoms with Crippen LogP contribution in [0.25, 0.3) is 55.6 Å². The Hall–Kier alpha value is -17.0. The molecule has 10 nitrogen and oxygen atoms in total. The van der Waals surface area contributed by atoms with E-state index in [0.717, 1.165) is 102 Å². The molecule has 10 heteroatoms. The van der Waals surface area contributed by atoms with Crippen LogP contribution in [0.3, 0.4) is 0 Å². The molecular formula is C130H90N10. The highest BCUT2D eigenvalue weighted by Gasteiger charge is 2.42. The molecule has 660 valence electrons. The Bertz CT molecular complexity index is 8060. The van der Waals surface area contributed by atoms with E-state index >= 15 is 0 Å². The van der Waals surface area contributed by atoms with Crippen LogP contribution in [-0.2, 0) is 96.3 Å². The van der Waals surface area contributed by atoms with Crippen LogP contribution < -0.4 is 24.5 Å². The van der Waals surface area contributed by atoms with E-state index < -0.39 is 0 Å². The lowest BCUT2D eigenvalue weighted by molar-refractivity contribution is 0.958. The molecule has 0 atom stereocenters. The number of benzene rings is 15. The van der Waals surface area contributed by atoms with Gasteiger partial charge in [-0.1, -0.05) is 243 Å². The Balaban J connectivity index is 0.0000000806. The first-order chi connectivity index (χ1) is 69.3. The van der Waals surface area contributed by atoms with Crippen molar-refractivity contribution in [3.05, 3.63) is 532 Å². The van der Waals surface area contributed by atoms with Crippen molar-refractivity contribution in [2.75, 3.05) is 24.5 Å². The van der Waals surface area contributed by atoms with Crippen LogP contribution >= 0.6 is 0 Å². The number of para-hydroxylation sites is 5. The standard InChI is InChI=1S/5C26H18N2/c1-3-7-22-16(5-1)9-18-11-19-12-21-15-27-14-20-10-17-6-2-4-8-24(17)28(26(20)21)25(19)13-23(18)22;1-3-7-21-16(5-1)11-19-13-20-12-18-9-10-27-23-14-17-6-2-4-8-24(17)28(26(18)23)25(20)15-22(19)21;1-3-7-21-16(5-1)11-19-13-20-14-23-26-18(9-10-27-23)12-17-6-2-4-8-24(17)28(26)25(20)15-22(19)21;1-2-9-22-16(5-1)11-20-15-24-21(14-23(20)22)13-18-7-3-6-17-12-19-8-4-10-27-26(19)28(24)25(17)18;1-2-8-21-16(5-1)11-19-13-20-12-17-6-3-7-18-14-23-24(9-4-10-27-23)28(26(17)18)25(20)15-22(19)21/h1-8,11,13-15H,9-10,12H2;2*1-10,13,15H,11-12,14H2;1-10,14-15H,11-13H2;1-10,13,15H,11-12,14H2. The molecule has 20 aromatic rings. The lowest BCUT2D eigenvalue weighted by atomic mass is 9.86. The molecule has 15 aliphatic rings. The number of hydrogen-bond donors (Lipinski definition) is 0. The maximum absolute atomic E-state index is 4.80. The Morgan fingerprint density at radius 3 is 0.886 bits per heavy atom. The van der Waals surface area contributed by atoms with Crippen LogP contribution in [0.1, 0.15) is 167 Å². The number of nitrogens with zero attached hydrogens (tertiary/aromatic N) is 10. The Morgan fingerprint density at radius 2 is 0.414 bits per heavy atom. The van der Waals surface area contributed by atoms with Crippen LogP contribution in [0.4, 0.5) is 85.4 Å². The van der Waals surface area contributed by atoms with Gasteiger partial charge in [0.05, 0.1) is 79.6 Å². The number of rotatable bonds is 0. The zero-order valence-electron chi connectivity index (χ0n) is 77.2. The number of aromatic nitrogens is 5. The molecule has 0 fully saturated rings. The van der Waals surface area contributed by atoms with Gasteiger partial charge >= 0.3 is 0 Å². The third kappa shape index (κ3) is 11.9. The summed E-state index contributed by atoms with van der Waals surface area (Å²) in [6.45, 7) is 0. The molecular weight excluding hydrogens is 1700 g/mol. The molecule has 0 spiro atoms. The minimum absolute atomic E-state index is 0.916. The van der Waals surface area contributed by atoms with Gasteiger partial charge in [-0.2, -0.15) is 0 Å². The second kappa shape index (κ2) is 30.3. The summed E-state index contributed by atoms with van der Waals surface area (Å²) in [5.41, 5.74) is 74.0. The quantitative estimate of drug-likeness (QED) is 0.146. The van der Waals surface area contributed by atoms with Crippen molar-refractivity contribution in [3.8, 4) is 55.6 Å². The molecule has 0 saturated heterocycles. The van der Waals surface area contributed by atoms with E-state index in [2.05, 4.69) is 369 Å². The summed E-state index contributed by atoms with van der Waals surface area (Å²) in [4.78, 5) is 35.9. The lowest BCUT2D eigenvalue weighted by Crippen LogP contribution is -2.25. The molecule has 10 aliphatic heterocycles. The fraction of sp³-hybridized carbons (Fsp3) is 0.115. The fourth-order valence-electron chi connectivity index (χ4n) is 26.5. The van der Waals surface area contributed by atoms with Crippen LogP contribution in [0.15, 0.2) is 365 Å². The van der Waals surface area contributed by atoms with Gasteiger partial charge in [-0.15, -0.1) is 0 Å². The number of fused-ring (bicyclic) bond motifs is 35. The lowest BCUT2D eigenvalue weighted by Gasteiger charge is -2.39. The van der Waals surface area contributed by atoms with Gasteiger partial charge in [0, 0.05) is 118 Å². The van der Waals surface area contributed by atoms with E-state index in [4.69, 9.17) is 19.9 Å². The summed E-state index contributed by atoms with van der Waals surface area (Å²) in [6, 6.07) is 121. The Morgan fingerprint density at radius 1 is 0.143 bits per heavy atom. The van der Waals surface area contributed by atoms with E-state index in [9.17, 15) is 0 Å². The minimum atomic E-state index is 0.916. The molecule has 0 radical (unpaired) electrons. The number of hydrogen-bond acceptors (Lipinski definition) is 10. The van der Waals surface area contributed by atoms with Gasteiger partial charge in [0.25, 0.3) is 0 Å². The molecule has 35 rings (SSSR count). The van der Waals surface area contributed by atoms with Crippen molar-refractivity contribution >= 4 is 85.4 Å².